The van der Waals surface area contributed by atoms with Crippen LogP contribution in [0.5, 0.6) is 0 Å². The summed E-state index contributed by atoms with van der Waals surface area (Å²) in [5, 5.41) is 0. The molecule has 0 radical (unpaired) electrons. The van der Waals surface area contributed by atoms with Crippen molar-refractivity contribution in [3.8, 4) is 0 Å². The number of esters is 2. The summed E-state index contributed by atoms with van der Waals surface area (Å²) in [6.45, 7) is 5.00. The predicted octanol–water partition coefficient (Wildman–Crippen LogP) is 3.99. The van der Waals surface area contributed by atoms with Crippen molar-refractivity contribution < 1.29 is 19.1 Å². The quantitative estimate of drug-likeness (QED) is 0.510. The van der Waals surface area contributed by atoms with Gasteiger partial charge < -0.3 is 9.47 Å². The molecule has 0 aromatic heterocycles. The van der Waals surface area contributed by atoms with E-state index in [2.05, 4.69) is 6.92 Å². The summed E-state index contributed by atoms with van der Waals surface area (Å²) in [6.07, 6.45) is 4.86. The van der Waals surface area contributed by atoms with Crippen molar-refractivity contribution in [2.45, 2.75) is 46.0 Å². The molecule has 1 aromatic rings. The highest BCUT2D eigenvalue weighted by atomic mass is 16.5. The Morgan fingerprint density at radius 1 is 0.762 bits per heavy atom. The average molecular weight is 292 g/mol. The minimum Gasteiger partial charge on any atom is -0.462 e. The summed E-state index contributed by atoms with van der Waals surface area (Å²) < 4.78 is 10.3. The Bertz CT molecular complexity index is 437. The van der Waals surface area contributed by atoms with Gasteiger partial charge in [-0.15, -0.1) is 0 Å². The second kappa shape index (κ2) is 9.97. The van der Waals surface area contributed by atoms with Gasteiger partial charge in [0.2, 0.25) is 0 Å². The number of unbranched alkanes of at least 4 members (excludes halogenated alkanes) is 3. The van der Waals surface area contributed by atoms with Crippen LogP contribution in [0, 0.1) is 0 Å². The molecule has 21 heavy (non-hydrogen) atoms. The first-order valence-corrected chi connectivity index (χ1v) is 7.63. The monoisotopic (exact) mass is 292 g/mol. The highest BCUT2D eigenvalue weighted by molar-refractivity contribution is 5.93. The zero-order chi connectivity index (χ0) is 15.5. The zero-order valence-electron chi connectivity index (χ0n) is 12.9. The molecule has 4 nitrogen and oxygen atoms in total. The van der Waals surface area contributed by atoms with Crippen LogP contribution in [-0.2, 0) is 9.47 Å². The maximum Gasteiger partial charge on any atom is 0.338 e. The van der Waals surface area contributed by atoms with Crippen molar-refractivity contribution in [1.82, 2.24) is 0 Å². The third-order valence-electron chi connectivity index (χ3n) is 3.07. The maximum atomic E-state index is 11.8. The molecule has 0 aliphatic heterocycles. The largest absolute Gasteiger partial charge is 0.462 e. The van der Waals surface area contributed by atoms with E-state index in [9.17, 15) is 9.59 Å². The lowest BCUT2D eigenvalue weighted by atomic mass is 10.1. The molecular formula is C17H24O4. The average Bonchev–Trinajstić information content (AvgIpc) is 2.51. The number of carbonyl (C=O) groups is 2. The molecule has 0 heterocycles. The molecule has 116 valence electrons. The number of hydrogen-bond acceptors (Lipinski definition) is 4. The molecule has 0 N–H and O–H groups in total. The Balaban J connectivity index is 2.45. The van der Waals surface area contributed by atoms with Gasteiger partial charge >= 0.3 is 11.9 Å². The van der Waals surface area contributed by atoms with E-state index in [1.54, 1.807) is 24.3 Å². The first kappa shape index (κ1) is 17.2. The molecule has 0 saturated heterocycles. The lowest BCUT2D eigenvalue weighted by molar-refractivity contribution is 0.0484. The van der Waals surface area contributed by atoms with Crippen molar-refractivity contribution in [3.05, 3.63) is 35.4 Å². The summed E-state index contributed by atoms with van der Waals surface area (Å²) in [5.74, 6) is -0.705. The normalized spacial score (nSPS) is 10.2. The molecule has 1 rings (SSSR count). The highest BCUT2D eigenvalue weighted by Gasteiger charge is 2.10. The van der Waals surface area contributed by atoms with Gasteiger partial charge in [-0.1, -0.05) is 33.1 Å². The van der Waals surface area contributed by atoms with E-state index in [1.807, 2.05) is 6.92 Å². The molecule has 0 fully saturated rings. The predicted molar refractivity (Wildman–Crippen MR) is 81.4 cm³/mol. The van der Waals surface area contributed by atoms with Gasteiger partial charge in [0.15, 0.2) is 0 Å². The number of ether oxygens (including phenoxy) is 2. The van der Waals surface area contributed by atoms with Gasteiger partial charge in [-0.3, -0.25) is 0 Å². The van der Waals surface area contributed by atoms with Crippen molar-refractivity contribution in [3.63, 3.8) is 0 Å². The van der Waals surface area contributed by atoms with E-state index in [4.69, 9.17) is 9.47 Å². The van der Waals surface area contributed by atoms with E-state index in [0.717, 1.165) is 32.1 Å². The van der Waals surface area contributed by atoms with Crippen LogP contribution in [0.4, 0.5) is 0 Å². The number of rotatable bonds is 9. The Labute approximate surface area is 126 Å². The summed E-state index contributed by atoms with van der Waals surface area (Å²) in [6, 6.07) is 6.38. The van der Waals surface area contributed by atoms with Crippen molar-refractivity contribution in [1.29, 1.82) is 0 Å². The van der Waals surface area contributed by atoms with Gasteiger partial charge in [-0.25, -0.2) is 9.59 Å². The number of hydrogen-bond donors (Lipinski definition) is 0. The lowest BCUT2D eigenvalue weighted by Gasteiger charge is -2.06. The molecule has 0 saturated carbocycles. The number of benzene rings is 1. The highest BCUT2D eigenvalue weighted by Crippen LogP contribution is 2.08. The van der Waals surface area contributed by atoms with Crippen LogP contribution >= 0.6 is 0 Å². The molecule has 0 bridgehead atoms. The van der Waals surface area contributed by atoms with Crippen LogP contribution in [-0.4, -0.2) is 25.2 Å². The molecular weight excluding hydrogens is 268 g/mol. The van der Waals surface area contributed by atoms with E-state index in [0.29, 0.717) is 24.3 Å². The molecule has 4 heteroatoms. The van der Waals surface area contributed by atoms with Crippen LogP contribution in [0.1, 0.15) is 66.7 Å². The van der Waals surface area contributed by atoms with Gasteiger partial charge in [0, 0.05) is 0 Å². The topological polar surface area (TPSA) is 52.6 Å². The van der Waals surface area contributed by atoms with E-state index in [-0.39, 0.29) is 11.9 Å². The molecule has 0 atom stereocenters. The van der Waals surface area contributed by atoms with Crippen LogP contribution < -0.4 is 0 Å². The first-order valence-electron chi connectivity index (χ1n) is 7.63. The second-order valence-electron chi connectivity index (χ2n) is 4.91. The van der Waals surface area contributed by atoms with Gasteiger partial charge in [0.1, 0.15) is 0 Å². The Morgan fingerprint density at radius 2 is 1.19 bits per heavy atom. The second-order valence-corrected chi connectivity index (χ2v) is 4.91. The summed E-state index contributed by atoms with van der Waals surface area (Å²) in [4.78, 5) is 23.5. The van der Waals surface area contributed by atoms with Crippen molar-refractivity contribution >= 4 is 11.9 Å². The maximum absolute atomic E-state index is 11.8. The molecule has 0 amide bonds. The van der Waals surface area contributed by atoms with Gasteiger partial charge in [-0.05, 0) is 37.1 Å². The van der Waals surface area contributed by atoms with Crippen molar-refractivity contribution in [2.75, 3.05) is 13.2 Å². The fourth-order valence-corrected chi connectivity index (χ4v) is 1.74. The van der Waals surface area contributed by atoms with Crippen LogP contribution in [0.2, 0.25) is 0 Å². The molecule has 0 aliphatic carbocycles. The third-order valence-corrected chi connectivity index (χ3v) is 3.07. The fraction of sp³-hybridized carbons (Fsp3) is 0.529. The Kier molecular flexibility index (Phi) is 8.17. The summed E-state index contributed by atoms with van der Waals surface area (Å²) in [5.41, 5.74) is 0.908. The smallest absolute Gasteiger partial charge is 0.338 e. The molecule has 1 aromatic carbocycles. The third kappa shape index (κ3) is 6.43. The summed E-state index contributed by atoms with van der Waals surface area (Å²) in [7, 11) is 0. The Morgan fingerprint density at radius 3 is 1.62 bits per heavy atom. The fourth-order valence-electron chi connectivity index (χ4n) is 1.74. The zero-order valence-corrected chi connectivity index (χ0v) is 12.9. The summed E-state index contributed by atoms with van der Waals surface area (Å²) >= 11 is 0. The van der Waals surface area contributed by atoms with Crippen LogP contribution in [0.3, 0.4) is 0 Å². The van der Waals surface area contributed by atoms with Crippen LogP contribution in [0.15, 0.2) is 24.3 Å². The minimum absolute atomic E-state index is 0.350. The molecule has 0 spiro atoms. The van der Waals surface area contributed by atoms with Crippen LogP contribution in [0.25, 0.3) is 0 Å². The molecule has 0 aliphatic rings. The van der Waals surface area contributed by atoms with Gasteiger partial charge in [-0.2, -0.15) is 0 Å². The standard InChI is InChI=1S/C17H24O4/c1-3-5-7-13-21-17(19)15-10-8-14(9-11-15)16(18)20-12-6-4-2/h8-11H,3-7,12-13H2,1-2H3. The van der Waals surface area contributed by atoms with Gasteiger partial charge in [0.25, 0.3) is 0 Å². The van der Waals surface area contributed by atoms with E-state index < -0.39 is 0 Å². The number of carbonyl (C=O) groups excluding carboxylic acids is 2. The lowest BCUT2D eigenvalue weighted by Crippen LogP contribution is -2.09. The molecule has 0 unspecified atom stereocenters. The van der Waals surface area contributed by atoms with E-state index >= 15 is 0 Å². The van der Waals surface area contributed by atoms with Crippen molar-refractivity contribution in [2.24, 2.45) is 0 Å². The minimum atomic E-state index is -0.355. The van der Waals surface area contributed by atoms with E-state index in [1.165, 1.54) is 0 Å². The first-order chi connectivity index (χ1) is 10.2. The Hall–Kier alpha value is -1.84. The van der Waals surface area contributed by atoms with Gasteiger partial charge in [0.05, 0.1) is 24.3 Å². The SMILES string of the molecule is CCCCCOC(=O)c1ccc(C(=O)OCCCC)cc1.